The molecule has 0 atom stereocenters. The minimum Gasteiger partial charge on any atom is -0.387 e. The molecule has 0 aromatic carbocycles. The fourth-order valence-electron chi connectivity index (χ4n) is 1.35. The molecule has 2 N–H and O–H groups in total. The van der Waals surface area contributed by atoms with Crippen LogP contribution < -0.4 is 10.6 Å². The lowest BCUT2D eigenvalue weighted by Gasteiger charge is -2.07. The van der Waals surface area contributed by atoms with Gasteiger partial charge in [-0.2, -0.15) is 5.10 Å². The SMILES string of the molecule is CNc1ccncc1C(=O)Nc1cccnn1. The van der Waals surface area contributed by atoms with Crippen LogP contribution in [0.3, 0.4) is 0 Å². The highest BCUT2D eigenvalue weighted by atomic mass is 16.1. The van der Waals surface area contributed by atoms with Crippen LogP contribution >= 0.6 is 0 Å². The predicted molar refractivity (Wildman–Crippen MR) is 63.8 cm³/mol. The Morgan fingerprint density at radius 2 is 2.18 bits per heavy atom. The van der Waals surface area contributed by atoms with Crippen molar-refractivity contribution in [2.75, 3.05) is 17.7 Å². The molecular weight excluding hydrogens is 218 g/mol. The Morgan fingerprint density at radius 1 is 1.29 bits per heavy atom. The molecular formula is C11H11N5O. The molecule has 2 aromatic rings. The number of amides is 1. The zero-order chi connectivity index (χ0) is 12.1. The van der Waals surface area contributed by atoms with E-state index in [9.17, 15) is 4.79 Å². The molecule has 6 nitrogen and oxygen atoms in total. The predicted octanol–water partition coefficient (Wildman–Crippen LogP) is 1.17. The van der Waals surface area contributed by atoms with E-state index in [1.54, 1.807) is 37.6 Å². The minimum atomic E-state index is -0.275. The van der Waals surface area contributed by atoms with E-state index in [0.29, 0.717) is 17.1 Å². The quantitative estimate of drug-likeness (QED) is 0.825. The number of nitrogens with zero attached hydrogens (tertiary/aromatic N) is 3. The van der Waals surface area contributed by atoms with Crippen molar-refractivity contribution in [3.05, 3.63) is 42.4 Å². The van der Waals surface area contributed by atoms with Crippen molar-refractivity contribution < 1.29 is 4.79 Å². The standard InChI is InChI=1S/C11H11N5O/c1-12-9-4-6-13-7-8(9)11(17)15-10-3-2-5-14-16-10/h2-7H,1H3,(H,12,13)(H,15,16,17). The minimum absolute atomic E-state index is 0.275. The molecule has 0 aliphatic carbocycles. The van der Waals surface area contributed by atoms with Crippen molar-refractivity contribution in [1.82, 2.24) is 15.2 Å². The van der Waals surface area contributed by atoms with Gasteiger partial charge in [0.1, 0.15) is 0 Å². The molecule has 0 unspecified atom stereocenters. The van der Waals surface area contributed by atoms with Gasteiger partial charge in [0.15, 0.2) is 5.82 Å². The summed E-state index contributed by atoms with van der Waals surface area (Å²) in [6.07, 6.45) is 4.65. The van der Waals surface area contributed by atoms with Crippen molar-refractivity contribution in [2.45, 2.75) is 0 Å². The van der Waals surface area contributed by atoms with Crippen LogP contribution in [-0.2, 0) is 0 Å². The van der Waals surface area contributed by atoms with Gasteiger partial charge in [-0.25, -0.2) is 0 Å². The number of aromatic nitrogens is 3. The van der Waals surface area contributed by atoms with Crippen LogP contribution in [0.2, 0.25) is 0 Å². The number of anilines is 2. The summed E-state index contributed by atoms with van der Waals surface area (Å²) in [7, 11) is 1.74. The van der Waals surface area contributed by atoms with Crippen molar-refractivity contribution in [3.63, 3.8) is 0 Å². The van der Waals surface area contributed by atoms with Gasteiger partial charge in [0.25, 0.3) is 5.91 Å². The van der Waals surface area contributed by atoms with Gasteiger partial charge in [-0.1, -0.05) is 0 Å². The van der Waals surface area contributed by atoms with E-state index >= 15 is 0 Å². The number of hydrogen-bond acceptors (Lipinski definition) is 5. The lowest BCUT2D eigenvalue weighted by atomic mass is 10.2. The van der Waals surface area contributed by atoms with Crippen LogP contribution in [0.25, 0.3) is 0 Å². The summed E-state index contributed by atoms with van der Waals surface area (Å²) < 4.78 is 0. The summed E-state index contributed by atoms with van der Waals surface area (Å²) in [5.41, 5.74) is 1.17. The second-order valence-corrected chi connectivity index (χ2v) is 3.23. The molecule has 0 radical (unpaired) electrons. The summed E-state index contributed by atoms with van der Waals surface area (Å²) in [5.74, 6) is 0.131. The molecule has 2 aromatic heterocycles. The van der Waals surface area contributed by atoms with Gasteiger partial charge in [-0.3, -0.25) is 9.78 Å². The highest BCUT2D eigenvalue weighted by molar-refractivity contribution is 6.07. The highest BCUT2D eigenvalue weighted by Gasteiger charge is 2.11. The molecule has 0 aliphatic rings. The van der Waals surface area contributed by atoms with Crippen molar-refractivity contribution in [2.24, 2.45) is 0 Å². The van der Waals surface area contributed by atoms with Gasteiger partial charge in [0.05, 0.1) is 5.56 Å². The van der Waals surface area contributed by atoms with E-state index in [2.05, 4.69) is 25.8 Å². The van der Waals surface area contributed by atoms with Crippen LogP contribution in [0.1, 0.15) is 10.4 Å². The lowest BCUT2D eigenvalue weighted by molar-refractivity contribution is 0.102. The molecule has 0 saturated heterocycles. The Labute approximate surface area is 98.1 Å². The van der Waals surface area contributed by atoms with Crippen LogP contribution in [0, 0.1) is 0 Å². The molecule has 0 fully saturated rings. The fraction of sp³-hybridized carbons (Fsp3) is 0.0909. The zero-order valence-electron chi connectivity index (χ0n) is 9.21. The maximum atomic E-state index is 11.9. The van der Waals surface area contributed by atoms with Crippen LogP contribution in [-0.4, -0.2) is 28.1 Å². The number of hydrogen-bond donors (Lipinski definition) is 2. The van der Waals surface area contributed by atoms with E-state index in [0.717, 1.165) is 0 Å². The first-order valence-electron chi connectivity index (χ1n) is 5.02. The van der Waals surface area contributed by atoms with Gasteiger partial charge in [0, 0.05) is 31.3 Å². The summed E-state index contributed by atoms with van der Waals surface area (Å²) in [6.45, 7) is 0. The first-order chi connectivity index (χ1) is 8.31. The smallest absolute Gasteiger partial charge is 0.260 e. The second kappa shape index (κ2) is 5.02. The Bertz CT molecular complexity index is 514. The van der Waals surface area contributed by atoms with E-state index in [1.807, 2.05) is 0 Å². The Hall–Kier alpha value is -2.50. The van der Waals surface area contributed by atoms with Crippen molar-refractivity contribution in [1.29, 1.82) is 0 Å². The largest absolute Gasteiger partial charge is 0.387 e. The maximum absolute atomic E-state index is 11.9. The summed E-state index contributed by atoms with van der Waals surface area (Å²) in [6, 6.07) is 5.09. The average Bonchev–Trinajstić information content (AvgIpc) is 2.40. The molecule has 0 aliphatic heterocycles. The van der Waals surface area contributed by atoms with E-state index in [-0.39, 0.29) is 5.91 Å². The molecule has 1 amide bonds. The molecule has 2 heterocycles. The van der Waals surface area contributed by atoms with Crippen molar-refractivity contribution in [3.8, 4) is 0 Å². The van der Waals surface area contributed by atoms with E-state index in [1.165, 1.54) is 6.20 Å². The van der Waals surface area contributed by atoms with Crippen LogP contribution in [0.5, 0.6) is 0 Å². The first-order valence-corrected chi connectivity index (χ1v) is 5.02. The lowest BCUT2D eigenvalue weighted by Crippen LogP contribution is -2.15. The normalized spacial score (nSPS) is 9.71. The Kier molecular flexibility index (Phi) is 3.25. The number of carbonyl (C=O) groups excluding carboxylic acids is 1. The first kappa shape index (κ1) is 11.0. The summed E-state index contributed by atoms with van der Waals surface area (Å²) >= 11 is 0. The van der Waals surface area contributed by atoms with E-state index < -0.39 is 0 Å². The van der Waals surface area contributed by atoms with Gasteiger partial charge < -0.3 is 10.6 Å². The maximum Gasteiger partial charge on any atom is 0.260 e. The summed E-state index contributed by atoms with van der Waals surface area (Å²) in [4.78, 5) is 15.9. The Balaban J connectivity index is 2.20. The average molecular weight is 229 g/mol. The number of carbonyl (C=O) groups is 1. The van der Waals surface area contributed by atoms with E-state index in [4.69, 9.17) is 0 Å². The highest BCUT2D eigenvalue weighted by Crippen LogP contribution is 2.14. The third-order valence-electron chi connectivity index (χ3n) is 2.15. The van der Waals surface area contributed by atoms with Gasteiger partial charge >= 0.3 is 0 Å². The molecule has 17 heavy (non-hydrogen) atoms. The molecule has 2 rings (SSSR count). The molecule has 0 bridgehead atoms. The molecule has 0 saturated carbocycles. The van der Waals surface area contributed by atoms with Gasteiger partial charge in [-0.05, 0) is 18.2 Å². The van der Waals surface area contributed by atoms with Crippen LogP contribution in [0.4, 0.5) is 11.5 Å². The third kappa shape index (κ3) is 2.54. The number of pyridine rings is 1. The van der Waals surface area contributed by atoms with Gasteiger partial charge in [0.2, 0.25) is 0 Å². The monoisotopic (exact) mass is 229 g/mol. The molecule has 86 valence electrons. The van der Waals surface area contributed by atoms with Gasteiger partial charge in [-0.15, -0.1) is 5.10 Å². The fourth-order valence-corrected chi connectivity index (χ4v) is 1.35. The third-order valence-corrected chi connectivity index (χ3v) is 2.15. The molecule has 0 spiro atoms. The zero-order valence-corrected chi connectivity index (χ0v) is 9.21. The van der Waals surface area contributed by atoms with Crippen LogP contribution in [0.15, 0.2) is 36.8 Å². The number of nitrogens with one attached hydrogen (secondary N) is 2. The summed E-state index contributed by atoms with van der Waals surface area (Å²) in [5, 5.41) is 13.0. The second-order valence-electron chi connectivity index (χ2n) is 3.23. The number of rotatable bonds is 3. The molecule has 6 heteroatoms. The van der Waals surface area contributed by atoms with Crippen molar-refractivity contribution >= 4 is 17.4 Å². The topological polar surface area (TPSA) is 79.8 Å². The Morgan fingerprint density at radius 3 is 2.88 bits per heavy atom.